The van der Waals surface area contributed by atoms with Gasteiger partial charge in [0, 0.05) is 25.3 Å². The normalized spacial score (nSPS) is 14.3. The zero-order chi connectivity index (χ0) is 13.7. The van der Waals surface area contributed by atoms with Gasteiger partial charge in [0.2, 0.25) is 0 Å². The lowest BCUT2D eigenvalue weighted by molar-refractivity contribution is 0.161. The number of carbonyl (C=O) groups is 1. The first-order valence-corrected chi connectivity index (χ1v) is 6.53. The van der Waals surface area contributed by atoms with Gasteiger partial charge in [0.15, 0.2) is 0 Å². The van der Waals surface area contributed by atoms with Crippen LogP contribution < -0.4 is 10.6 Å². The maximum atomic E-state index is 12.2. The van der Waals surface area contributed by atoms with Crippen LogP contribution in [-0.2, 0) is 0 Å². The maximum Gasteiger partial charge on any atom is 0.322 e. The summed E-state index contributed by atoms with van der Waals surface area (Å²) in [6.07, 6.45) is 0.942. The van der Waals surface area contributed by atoms with E-state index >= 15 is 0 Å². The number of hydrogen-bond donors (Lipinski definition) is 2. The molecular weight excluding hydrogens is 240 g/mol. The Morgan fingerprint density at radius 2 is 2.16 bits per heavy atom. The van der Waals surface area contributed by atoms with Gasteiger partial charge in [-0.2, -0.15) is 5.26 Å². The second-order valence-electron chi connectivity index (χ2n) is 4.62. The Kier molecular flexibility index (Phi) is 4.37. The van der Waals surface area contributed by atoms with Crippen molar-refractivity contribution in [3.8, 4) is 6.07 Å². The van der Waals surface area contributed by atoms with Crippen LogP contribution in [0.2, 0.25) is 0 Å². The Hall–Kier alpha value is -2.06. The van der Waals surface area contributed by atoms with Crippen molar-refractivity contribution in [2.75, 3.05) is 25.0 Å². The van der Waals surface area contributed by atoms with E-state index in [2.05, 4.69) is 23.6 Å². The number of rotatable bonds is 4. The van der Waals surface area contributed by atoms with Crippen molar-refractivity contribution >= 4 is 11.7 Å². The van der Waals surface area contributed by atoms with E-state index in [1.54, 1.807) is 24.3 Å². The number of amides is 2. The van der Waals surface area contributed by atoms with Crippen molar-refractivity contribution in [3.05, 3.63) is 29.8 Å². The van der Waals surface area contributed by atoms with E-state index in [0.29, 0.717) is 11.6 Å². The molecule has 0 unspecified atom stereocenters. The molecule has 1 heterocycles. The van der Waals surface area contributed by atoms with E-state index in [9.17, 15) is 4.79 Å². The molecule has 2 N–H and O–H groups in total. The largest absolute Gasteiger partial charge is 0.322 e. The van der Waals surface area contributed by atoms with Gasteiger partial charge in [-0.25, -0.2) is 4.79 Å². The van der Waals surface area contributed by atoms with Gasteiger partial charge < -0.3 is 15.5 Å². The summed E-state index contributed by atoms with van der Waals surface area (Å²) in [5, 5.41) is 14.8. The number of anilines is 1. The summed E-state index contributed by atoms with van der Waals surface area (Å²) in [4.78, 5) is 14.1. The van der Waals surface area contributed by atoms with E-state index in [0.717, 1.165) is 31.7 Å². The van der Waals surface area contributed by atoms with Crippen molar-refractivity contribution in [2.24, 2.45) is 0 Å². The predicted octanol–water partition coefficient (Wildman–Crippen LogP) is 1.77. The third-order valence-electron chi connectivity index (χ3n) is 3.19. The number of nitrogens with one attached hydrogen (secondary N) is 2. The zero-order valence-corrected chi connectivity index (χ0v) is 11.0. The van der Waals surface area contributed by atoms with Gasteiger partial charge in [0.05, 0.1) is 17.7 Å². The zero-order valence-electron chi connectivity index (χ0n) is 11.0. The van der Waals surface area contributed by atoms with Gasteiger partial charge in [-0.1, -0.05) is 6.92 Å². The molecule has 0 aromatic heterocycles. The van der Waals surface area contributed by atoms with Gasteiger partial charge in [-0.15, -0.1) is 0 Å². The number of benzene rings is 1. The van der Waals surface area contributed by atoms with Crippen molar-refractivity contribution < 1.29 is 4.79 Å². The molecule has 0 spiro atoms. The van der Waals surface area contributed by atoms with Gasteiger partial charge in [-0.05, 0) is 30.7 Å². The van der Waals surface area contributed by atoms with Crippen molar-refractivity contribution in [3.63, 3.8) is 0 Å². The second-order valence-corrected chi connectivity index (χ2v) is 4.62. The molecule has 0 radical (unpaired) electrons. The number of hydrogen-bond acceptors (Lipinski definition) is 3. The summed E-state index contributed by atoms with van der Waals surface area (Å²) in [6, 6.07) is 9.17. The summed E-state index contributed by atoms with van der Waals surface area (Å²) in [7, 11) is 0. The lowest BCUT2D eigenvalue weighted by atomic mass is 10.1. The van der Waals surface area contributed by atoms with E-state index in [1.165, 1.54) is 0 Å². The third kappa shape index (κ3) is 3.24. The average Bonchev–Trinajstić information content (AvgIpc) is 2.37. The first-order chi connectivity index (χ1) is 9.24. The van der Waals surface area contributed by atoms with Crippen LogP contribution in [0.1, 0.15) is 18.9 Å². The van der Waals surface area contributed by atoms with Crippen LogP contribution in [0.3, 0.4) is 0 Å². The number of carbonyl (C=O) groups excluding carboxylic acids is 1. The van der Waals surface area contributed by atoms with Gasteiger partial charge in [-0.3, -0.25) is 0 Å². The molecule has 19 heavy (non-hydrogen) atoms. The number of nitriles is 1. The minimum absolute atomic E-state index is 0.0712. The number of nitrogens with zero attached hydrogens (tertiary/aromatic N) is 2. The highest BCUT2D eigenvalue weighted by atomic mass is 16.2. The Morgan fingerprint density at radius 3 is 2.63 bits per heavy atom. The van der Waals surface area contributed by atoms with Crippen LogP contribution in [0.5, 0.6) is 0 Å². The van der Waals surface area contributed by atoms with E-state index in [1.807, 2.05) is 4.90 Å². The van der Waals surface area contributed by atoms with Crippen LogP contribution in [0, 0.1) is 11.3 Å². The molecule has 1 saturated heterocycles. The highest BCUT2D eigenvalue weighted by molar-refractivity contribution is 5.89. The number of urea groups is 1. The van der Waals surface area contributed by atoms with E-state index in [-0.39, 0.29) is 6.03 Å². The Bertz CT molecular complexity index is 473. The highest BCUT2D eigenvalue weighted by Gasteiger charge is 2.27. The molecule has 1 aromatic carbocycles. The molecule has 100 valence electrons. The summed E-state index contributed by atoms with van der Waals surface area (Å²) in [5.74, 6) is 0. The summed E-state index contributed by atoms with van der Waals surface area (Å²) in [6.45, 7) is 4.55. The lowest BCUT2D eigenvalue weighted by Crippen LogP contribution is -2.59. The van der Waals surface area contributed by atoms with Crippen molar-refractivity contribution in [1.29, 1.82) is 5.26 Å². The van der Waals surface area contributed by atoms with Crippen molar-refractivity contribution in [1.82, 2.24) is 10.2 Å². The monoisotopic (exact) mass is 258 g/mol. The quantitative estimate of drug-likeness (QED) is 0.865. The smallest absolute Gasteiger partial charge is 0.319 e. The maximum absolute atomic E-state index is 12.2. The van der Waals surface area contributed by atoms with Crippen LogP contribution >= 0.6 is 0 Å². The Balaban J connectivity index is 1.99. The molecule has 1 aromatic rings. The Morgan fingerprint density at radius 1 is 1.47 bits per heavy atom. The second kappa shape index (κ2) is 6.21. The van der Waals surface area contributed by atoms with Crippen LogP contribution in [0.15, 0.2) is 24.3 Å². The molecule has 5 heteroatoms. The molecule has 2 rings (SSSR count). The molecule has 1 aliphatic heterocycles. The standard InChI is InChI=1S/C14H18N4O/c1-2-7-18(13-9-16-10-13)14(19)17-12-5-3-11(8-15)4-6-12/h3-6,13,16H,2,7,9-10H2,1H3,(H,17,19). The van der Waals surface area contributed by atoms with Crippen molar-refractivity contribution in [2.45, 2.75) is 19.4 Å². The SMILES string of the molecule is CCCN(C(=O)Nc1ccc(C#N)cc1)C1CNC1. The van der Waals surface area contributed by atoms with Gasteiger partial charge in [0.25, 0.3) is 0 Å². The van der Waals surface area contributed by atoms with Gasteiger partial charge >= 0.3 is 6.03 Å². The predicted molar refractivity (Wildman–Crippen MR) is 73.8 cm³/mol. The van der Waals surface area contributed by atoms with Gasteiger partial charge in [0.1, 0.15) is 0 Å². The molecule has 0 bridgehead atoms. The molecular formula is C14H18N4O. The fourth-order valence-corrected chi connectivity index (χ4v) is 2.01. The van der Waals surface area contributed by atoms with Crippen LogP contribution in [0.4, 0.5) is 10.5 Å². The van der Waals surface area contributed by atoms with E-state index in [4.69, 9.17) is 5.26 Å². The summed E-state index contributed by atoms with van der Waals surface area (Å²) < 4.78 is 0. The first kappa shape index (κ1) is 13.4. The van der Waals surface area contributed by atoms with Crippen LogP contribution in [0.25, 0.3) is 0 Å². The van der Waals surface area contributed by atoms with Crippen LogP contribution in [-0.4, -0.2) is 36.6 Å². The Labute approximate surface area is 113 Å². The first-order valence-electron chi connectivity index (χ1n) is 6.53. The summed E-state index contributed by atoms with van der Waals surface area (Å²) >= 11 is 0. The minimum atomic E-state index is -0.0712. The minimum Gasteiger partial charge on any atom is -0.319 e. The molecule has 0 saturated carbocycles. The molecule has 1 aliphatic rings. The highest BCUT2D eigenvalue weighted by Crippen LogP contribution is 2.12. The molecule has 0 atom stereocenters. The third-order valence-corrected chi connectivity index (χ3v) is 3.19. The summed E-state index contributed by atoms with van der Waals surface area (Å²) in [5.41, 5.74) is 1.31. The lowest BCUT2D eigenvalue weighted by Gasteiger charge is -2.38. The molecule has 0 aliphatic carbocycles. The fourth-order valence-electron chi connectivity index (χ4n) is 2.01. The average molecular weight is 258 g/mol. The van der Waals surface area contributed by atoms with E-state index < -0.39 is 0 Å². The molecule has 5 nitrogen and oxygen atoms in total. The molecule has 1 fully saturated rings. The topological polar surface area (TPSA) is 68.2 Å². The molecule has 2 amide bonds. The fraction of sp³-hybridized carbons (Fsp3) is 0.429.